The number of amides is 1. The Morgan fingerprint density at radius 2 is 1.94 bits per heavy atom. The van der Waals surface area contributed by atoms with E-state index in [0.29, 0.717) is 40.4 Å². The van der Waals surface area contributed by atoms with E-state index in [2.05, 4.69) is 25.7 Å². The molecular formula is C26H22N6O3. The van der Waals surface area contributed by atoms with Gasteiger partial charge in [0, 0.05) is 42.0 Å². The molecule has 0 aliphatic heterocycles. The highest BCUT2D eigenvalue weighted by Gasteiger charge is 2.64. The number of nitrogens with zero attached hydrogens (tertiary/aromatic N) is 3. The molecule has 35 heavy (non-hydrogen) atoms. The third kappa shape index (κ3) is 3.35. The Morgan fingerprint density at radius 3 is 2.69 bits per heavy atom. The minimum absolute atomic E-state index is 0.0271. The van der Waals surface area contributed by atoms with E-state index in [9.17, 15) is 14.4 Å². The molecule has 1 aromatic carbocycles. The molecule has 2 aliphatic carbocycles. The van der Waals surface area contributed by atoms with Crippen LogP contribution in [0.3, 0.4) is 0 Å². The number of hydrogen-bond acceptors (Lipinski definition) is 6. The lowest BCUT2D eigenvalue weighted by molar-refractivity contribution is 0.0821. The highest BCUT2D eigenvalue weighted by atomic mass is 16.2. The summed E-state index contributed by atoms with van der Waals surface area (Å²) in [4.78, 5) is 46.7. The van der Waals surface area contributed by atoms with Gasteiger partial charge in [-0.15, -0.1) is 0 Å². The van der Waals surface area contributed by atoms with E-state index in [1.807, 2.05) is 37.3 Å². The number of benzene rings is 1. The molecule has 0 spiro atoms. The summed E-state index contributed by atoms with van der Waals surface area (Å²) in [6.07, 6.45) is 3.83. The Morgan fingerprint density at radius 1 is 1.14 bits per heavy atom. The first-order valence-electron chi connectivity index (χ1n) is 11.3. The number of rotatable bonds is 5. The van der Waals surface area contributed by atoms with Crippen molar-refractivity contribution in [2.75, 3.05) is 10.6 Å². The first-order valence-corrected chi connectivity index (χ1v) is 11.3. The van der Waals surface area contributed by atoms with E-state index < -0.39 is 5.41 Å². The number of Topliss-reactive ketones (excluding diaryl/α,β-unsaturated/α-hetero) is 2. The van der Waals surface area contributed by atoms with Crippen LogP contribution in [-0.4, -0.2) is 37.2 Å². The fraction of sp³-hybridized carbons (Fsp3) is 0.192. The first kappa shape index (κ1) is 21.0. The lowest BCUT2D eigenvalue weighted by Gasteiger charge is -2.17. The summed E-state index contributed by atoms with van der Waals surface area (Å²) in [7, 11) is 1.73. The number of H-pyrrole nitrogens is 1. The van der Waals surface area contributed by atoms with Crippen LogP contribution in [0.25, 0.3) is 11.3 Å². The maximum atomic E-state index is 13.3. The Labute approximate surface area is 200 Å². The summed E-state index contributed by atoms with van der Waals surface area (Å²) in [5.41, 5.74) is 2.95. The maximum Gasteiger partial charge on any atom is 0.277 e. The summed E-state index contributed by atoms with van der Waals surface area (Å²) >= 11 is 0. The Hall–Kier alpha value is -4.53. The minimum atomic E-state index is -0.629. The number of para-hydroxylation sites is 1. The van der Waals surface area contributed by atoms with Gasteiger partial charge in [0.25, 0.3) is 5.91 Å². The van der Waals surface area contributed by atoms with Gasteiger partial charge in [0.05, 0.1) is 22.6 Å². The van der Waals surface area contributed by atoms with Gasteiger partial charge in [-0.1, -0.05) is 25.1 Å². The van der Waals surface area contributed by atoms with E-state index in [4.69, 9.17) is 0 Å². The Balaban J connectivity index is 1.43. The molecule has 0 unspecified atom stereocenters. The molecule has 2 atom stereocenters. The molecule has 6 rings (SSSR count). The van der Waals surface area contributed by atoms with Gasteiger partial charge in [-0.3, -0.25) is 19.1 Å². The van der Waals surface area contributed by atoms with Crippen molar-refractivity contribution in [3.05, 3.63) is 77.9 Å². The van der Waals surface area contributed by atoms with Gasteiger partial charge in [-0.2, -0.15) is 5.10 Å². The molecule has 3 aromatic heterocycles. The van der Waals surface area contributed by atoms with Crippen molar-refractivity contribution in [2.45, 2.75) is 13.3 Å². The van der Waals surface area contributed by atoms with Crippen LogP contribution in [-0.2, 0) is 7.05 Å². The van der Waals surface area contributed by atoms with Gasteiger partial charge in [0.1, 0.15) is 5.82 Å². The van der Waals surface area contributed by atoms with E-state index in [1.165, 1.54) is 0 Å². The third-order valence-electron chi connectivity index (χ3n) is 6.83. The van der Waals surface area contributed by atoms with E-state index in [-0.39, 0.29) is 29.1 Å². The standard InChI is InChI=1S/C26H22N6O3/c1-26-13-16(26)23(33)19-21(28-15-6-4-3-5-7-15)20(30-22(19)24(26)34)14-8-10-27-18(12-14)29-25(35)17-9-11-32(2)31-17/h3-12,16,28,30H,13H2,1-2H3,(H,27,29,35)/t16-,26-/m1/s1. The predicted octanol–water partition coefficient (Wildman–Crippen LogP) is 4.21. The van der Waals surface area contributed by atoms with Crippen LogP contribution in [0.15, 0.2) is 60.9 Å². The van der Waals surface area contributed by atoms with Gasteiger partial charge < -0.3 is 15.6 Å². The molecule has 4 aromatic rings. The molecule has 0 bridgehead atoms. The number of anilines is 3. The monoisotopic (exact) mass is 466 g/mol. The van der Waals surface area contributed by atoms with Crippen LogP contribution in [0.1, 0.15) is 44.7 Å². The summed E-state index contributed by atoms with van der Waals surface area (Å²) in [6.45, 7) is 1.85. The predicted molar refractivity (Wildman–Crippen MR) is 130 cm³/mol. The van der Waals surface area contributed by atoms with Crippen molar-refractivity contribution >= 4 is 34.7 Å². The lowest BCUT2D eigenvalue weighted by atomic mass is 9.86. The van der Waals surface area contributed by atoms with Crippen LogP contribution in [0, 0.1) is 11.3 Å². The molecule has 1 saturated carbocycles. The van der Waals surface area contributed by atoms with Gasteiger partial charge in [-0.25, -0.2) is 4.98 Å². The first-order chi connectivity index (χ1) is 16.8. The van der Waals surface area contributed by atoms with E-state index in [1.54, 1.807) is 42.3 Å². The van der Waals surface area contributed by atoms with Gasteiger partial charge >= 0.3 is 0 Å². The smallest absolute Gasteiger partial charge is 0.277 e. The van der Waals surface area contributed by atoms with Crippen molar-refractivity contribution in [3.8, 4) is 11.3 Å². The second-order valence-corrected chi connectivity index (χ2v) is 9.24. The largest absolute Gasteiger partial charge is 0.353 e. The molecule has 3 heterocycles. The van der Waals surface area contributed by atoms with Crippen molar-refractivity contribution < 1.29 is 14.4 Å². The van der Waals surface area contributed by atoms with Gasteiger partial charge in [0.15, 0.2) is 17.3 Å². The zero-order valence-corrected chi connectivity index (χ0v) is 19.1. The fourth-order valence-electron chi connectivity index (χ4n) is 4.75. The zero-order chi connectivity index (χ0) is 24.3. The average molecular weight is 467 g/mol. The summed E-state index contributed by atoms with van der Waals surface area (Å²) in [5, 5.41) is 10.2. The van der Waals surface area contributed by atoms with Crippen LogP contribution in [0.2, 0.25) is 0 Å². The summed E-state index contributed by atoms with van der Waals surface area (Å²) < 4.78 is 1.54. The Kier molecular flexibility index (Phi) is 4.50. The number of aromatic nitrogens is 4. The van der Waals surface area contributed by atoms with E-state index >= 15 is 0 Å². The number of fused-ring (bicyclic) bond motifs is 2. The van der Waals surface area contributed by atoms with Crippen molar-refractivity contribution in [3.63, 3.8) is 0 Å². The molecule has 0 radical (unpaired) electrons. The average Bonchev–Trinajstić information content (AvgIpc) is 3.19. The van der Waals surface area contributed by atoms with Crippen molar-refractivity contribution in [1.82, 2.24) is 19.7 Å². The molecule has 1 amide bonds. The highest BCUT2D eigenvalue weighted by molar-refractivity contribution is 6.24. The molecule has 1 fully saturated rings. The Bertz CT molecular complexity index is 1520. The second-order valence-electron chi connectivity index (χ2n) is 9.24. The number of pyridine rings is 1. The quantitative estimate of drug-likeness (QED) is 0.405. The number of nitrogens with one attached hydrogen (secondary N) is 3. The van der Waals surface area contributed by atoms with Crippen LogP contribution in [0.4, 0.5) is 17.2 Å². The van der Waals surface area contributed by atoms with Crippen molar-refractivity contribution in [2.24, 2.45) is 18.4 Å². The molecule has 3 N–H and O–H groups in total. The highest BCUT2D eigenvalue weighted by Crippen LogP contribution is 2.60. The van der Waals surface area contributed by atoms with Crippen LogP contribution < -0.4 is 10.6 Å². The number of ketones is 2. The molecule has 2 aliphatic rings. The van der Waals surface area contributed by atoms with Crippen molar-refractivity contribution in [1.29, 1.82) is 0 Å². The molecular weight excluding hydrogens is 444 g/mol. The second kappa shape index (κ2) is 7.49. The maximum absolute atomic E-state index is 13.3. The van der Waals surface area contributed by atoms with Crippen LogP contribution >= 0.6 is 0 Å². The topological polar surface area (TPSA) is 122 Å². The normalized spacial score (nSPS) is 20.2. The summed E-state index contributed by atoms with van der Waals surface area (Å²) in [5.74, 6) is -0.419. The van der Waals surface area contributed by atoms with Gasteiger partial charge in [-0.05, 0) is 36.8 Å². The fourth-order valence-corrected chi connectivity index (χ4v) is 4.75. The molecule has 9 nitrogen and oxygen atoms in total. The van der Waals surface area contributed by atoms with E-state index in [0.717, 1.165) is 5.69 Å². The minimum Gasteiger partial charge on any atom is -0.353 e. The number of hydrogen-bond donors (Lipinski definition) is 3. The lowest BCUT2D eigenvalue weighted by Crippen LogP contribution is -2.26. The zero-order valence-electron chi connectivity index (χ0n) is 19.1. The van der Waals surface area contributed by atoms with Gasteiger partial charge in [0.2, 0.25) is 0 Å². The van der Waals surface area contributed by atoms with Crippen LogP contribution in [0.5, 0.6) is 0 Å². The number of aryl methyl sites for hydroxylation is 1. The number of aromatic amines is 1. The number of carbonyl (C=O) groups excluding carboxylic acids is 3. The SMILES string of the molecule is Cn1ccc(C(=O)Nc2cc(-c3[nH]c4c(c3Nc3ccccc3)C(=O)[C@H]3C[C@@]3(C)C4=O)ccn2)n1. The molecule has 0 saturated heterocycles. The molecule has 174 valence electrons. The third-order valence-corrected chi connectivity index (χ3v) is 6.83. The molecule has 9 heteroatoms. The number of carbonyl (C=O) groups is 3. The summed E-state index contributed by atoms with van der Waals surface area (Å²) in [6, 6.07) is 14.6.